The average Bonchev–Trinajstić information content (AvgIpc) is 3.43. The van der Waals surface area contributed by atoms with Gasteiger partial charge in [-0.1, -0.05) is 67.4 Å². The predicted molar refractivity (Wildman–Crippen MR) is 162 cm³/mol. The van der Waals surface area contributed by atoms with E-state index in [1.807, 2.05) is 30.3 Å². The normalized spacial score (nSPS) is 45.2. The Balaban J connectivity index is 1.12. The molecule has 0 radical (unpaired) electrons. The lowest BCUT2D eigenvalue weighted by Crippen LogP contribution is -2.53. The highest BCUT2D eigenvalue weighted by atomic mass is 16.5. The predicted octanol–water partition coefficient (Wildman–Crippen LogP) is 7.54. The quantitative estimate of drug-likeness (QED) is 0.180. The molecule has 0 bridgehead atoms. The molecule has 2 heterocycles. The van der Waals surface area contributed by atoms with Crippen molar-refractivity contribution in [3.8, 4) is 0 Å². The molecule has 1 spiro atoms. The summed E-state index contributed by atoms with van der Waals surface area (Å²) in [5.74, 6) is 4.13. The maximum absolute atomic E-state index is 13.3. The van der Waals surface area contributed by atoms with Crippen LogP contribution >= 0.6 is 0 Å². The molecular formula is C36H50N2O3. The van der Waals surface area contributed by atoms with Crippen molar-refractivity contribution in [3.05, 3.63) is 47.0 Å². The first-order valence-corrected chi connectivity index (χ1v) is 16.6. The number of allylic oxidation sites excluding steroid dienone is 1. The number of nitrogens with zero attached hydrogens (tertiary/aromatic N) is 2. The number of hydrogen-bond acceptors (Lipinski definition) is 5. The van der Waals surface area contributed by atoms with Gasteiger partial charge in [0, 0.05) is 24.1 Å². The average molecular weight is 559 g/mol. The lowest BCUT2D eigenvalue weighted by atomic mass is 9.52. The van der Waals surface area contributed by atoms with Gasteiger partial charge in [0.1, 0.15) is 0 Å². The summed E-state index contributed by atoms with van der Waals surface area (Å²) in [7, 11) is 0. The molecule has 3 saturated carbocycles. The Labute approximate surface area is 246 Å². The first-order chi connectivity index (χ1) is 19.7. The lowest BCUT2D eigenvalue weighted by Gasteiger charge is -2.52. The third-order valence-corrected chi connectivity index (χ3v) is 13.3. The fraction of sp³-hybridized carbons (Fsp3) is 0.722. The van der Waals surface area contributed by atoms with Crippen molar-refractivity contribution in [3.63, 3.8) is 0 Å². The monoisotopic (exact) mass is 558 g/mol. The van der Waals surface area contributed by atoms with E-state index in [1.54, 1.807) is 11.1 Å². The van der Waals surface area contributed by atoms with Crippen molar-refractivity contribution >= 4 is 11.5 Å². The third-order valence-electron chi connectivity index (χ3n) is 13.3. The van der Waals surface area contributed by atoms with Crippen LogP contribution in [0, 0.1) is 40.9 Å². The summed E-state index contributed by atoms with van der Waals surface area (Å²) in [5.41, 5.74) is 5.50. The number of fused-ring (bicyclic) bond motifs is 6. The smallest absolute Gasteiger partial charge is 0.176 e. The molecule has 1 aromatic rings. The maximum atomic E-state index is 13.3. The van der Waals surface area contributed by atoms with E-state index in [2.05, 4.69) is 37.8 Å². The molecule has 6 aliphatic rings. The minimum atomic E-state index is -0.108. The Morgan fingerprint density at radius 1 is 1.12 bits per heavy atom. The van der Waals surface area contributed by atoms with Crippen LogP contribution in [0.4, 0.5) is 0 Å². The number of Topliss-reactive ketones (excluding diaryl/α,β-unsaturated/α-hetero) is 1. The Kier molecular flexibility index (Phi) is 7.01. The van der Waals surface area contributed by atoms with Gasteiger partial charge in [-0.2, -0.15) is 0 Å². The molecule has 0 aromatic heterocycles. The molecule has 4 aliphatic carbocycles. The second-order valence-electron chi connectivity index (χ2n) is 15.3. The van der Waals surface area contributed by atoms with Crippen LogP contribution in [-0.2, 0) is 4.74 Å². The van der Waals surface area contributed by atoms with Gasteiger partial charge in [-0.15, -0.1) is 0 Å². The number of carbonyl (C=O) groups excluding carboxylic acids is 1. The van der Waals surface area contributed by atoms with Crippen molar-refractivity contribution in [2.45, 2.75) is 110 Å². The first kappa shape index (κ1) is 27.8. The molecule has 7 rings (SSSR count). The number of piperidine rings is 1. The number of hydrogen-bond donors (Lipinski definition) is 1. The molecule has 1 aromatic carbocycles. The van der Waals surface area contributed by atoms with Crippen LogP contribution in [0.5, 0.6) is 0 Å². The SMILES string of the molecule is CC1=C2C[C@H]3[C@@H](CC[C@@H]4C/C(=N/O)CC[C@@]43C)[C@@H]2CC[C@@]2(C1)O[C@@H]1C[C@H](C)CN(CC(=O)c3ccccc3)[C@H]1[C@H]2C. The van der Waals surface area contributed by atoms with Gasteiger partial charge in [0.25, 0.3) is 0 Å². The summed E-state index contributed by atoms with van der Waals surface area (Å²) in [6.07, 6.45) is 11.8. The first-order valence-electron chi connectivity index (χ1n) is 16.6. The fourth-order valence-corrected chi connectivity index (χ4v) is 11.2. The highest BCUT2D eigenvalue weighted by molar-refractivity contribution is 5.97. The minimum absolute atomic E-state index is 0.108. The van der Waals surface area contributed by atoms with Gasteiger partial charge in [0.2, 0.25) is 0 Å². The zero-order valence-electron chi connectivity index (χ0n) is 25.6. The fourth-order valence-electron chi connectivity index (χ4n) is 11.2. The number of benzene rings is 1. The summed E-state index contributed by atoms with van der Waals surface area (Å²) in [6, 6.07) is 10.1. The van der Waals surface area contributed by atoms with Crippen molar-refractivity contribution < 1.29 is 14.7 Å². The molecule has 2 aliphatic heterocycles. The van der Waals surface area contributed by atoms with Crippen molar-refractivity contribution in [1.82, 2.24) is 4.90 Å². The highest BCUT2D eigenvalue weighted by Gasteiger charge is 2.60. The standard InChI is InChI=1S/C36H50N2O3/c1-22-16-33-34(38(20-22)21-32(39)25-8-6-5-7-9-25)24(3)36(41-33)15-13-28-29-11-10-26-17-27(37-40)12-14-35(26,4)31(29)18-30(28)23(2)19-36/h5-9,22,24,26,28-29,31,33-34,40H,10-21H2,1-4H3/b37-27+/t22-,24+,26+,28-,29-,31-,33+,34-,35-,36-/m0/s1. The van der Waals surface area contributed by atoms with E-state index < -0.39 is 0 Å². The summed E-state index contributed by atoms with van der Waals surface area (Å²) >= 11 is 0. The van der Waals surface area contributed by atoms with Crippen molar-refractivity contribution in [2.75, 3.05) is 13.1 Å². The Morgan fingerprint density at radius 2 is 1.93 bits per heavy atom. The summed E-state index contributed by atoms with van der Waals surface area (Å²) < 4.78 is 7.25. The van der Waals surface area contributed by atoms with E-state index in [4.69, 9.17) is 4.74 Å². The van der Waals surface area contributed by atoms with Gasteiger partial charge in [0.15, 0.2) is 5.78 Å². The lowest BCUT2D eigenvalue weighted by molar-refractivity contribution is -0.0797. The van der Waals surface area contributed by atoms with Crippen molar-refractivity contribution in [2.24, 2.45) is 46.1 Å². The van der Waals surface area contributed by atoms with Gasteiger partial charge < -0.3 is 9.94 Å². The van der Waals surface area contributed by atoms with E-state index in [0.29, 0.717) is 41.7 Å². The number of ketones is 1. The van der Waals surface area contributed by atoms with E-state index in [1.165, 1.54) is 32.1 Å². The molecule has 1 N–H and O–H groups in total. The molecule has 41 heavy (non-hydrogen) atoms. The van der Waals surface area contributed by atoms with Gasteiger partial charge in [0.05, 0.1) is 24.0 Å². The number of oxime groups is 1. The number of rotatable bonds is 3. The molecule has 5 fully saturated rings. The van der Waals surface area contributed by atoms with Gasteiger partial charge >= 0.3 is 0 Å². The molecule has 0 amide bonds. The zero-order valence-corrected chi connectivity index (χ0v) is 25.6. The topological polar surface area (TPSA) is 62.1 Å². The summed E-state index contributed by atoms with van der Waals surface area (Å²) in [4.78, 5) is 15.8. The van der Waals surface area contributed by atoms with E-state index in [-0.39, 0.29) is 17.5 Å². The molecular weight excluding hydrogens is 508 g/mol. The van der Waals surface area contributed by atoms with E-state index in [0.717, 1.165) is 61.8 Å². The molecule has 10 atom stereocenters. The number of likely N-dealkylation sites (tertiary alicyclic amines) is 1. The number of ether oxygens (including phenoxy) is 1. The molecule has 222 valence electrons. The van der Waals surface area contributed by atoms with Gasteiger partial charge in [-0.05, 0) is 106 Å². The van der Waals surface area contributed by atoms with Crippen LogP contribution < -0.4 is 0 Å². The second-order valence-corrected chi connectivity index (χ2v) is 15.3. The van der Waals surface area contributed by atoms with Crippen LogP contribution in [0.1, 0.15) is 102 Å². The molecule has 5 heteroatoms. The Bertz CT molecular complexity index is 1240. The van der Waals surface area contributed by atoms with E-state index >= 15 is 0 Å². The molecule has 0 unspecified atom stereocenters. The van der Waals surface area contributed by atoms with Crippen LogP contribution in [0.25, 0.3) is 0 Å². The zero-order chi connectivity index (χ0) is 28.5. The third kappa shape index (κ3) is 4.47. The van der Waals surface area contributed by atoms with Gasteiger partial charge in [-0.25, -0.2) is 0 Å². The largest absolute Gasteiger partial charge is 0.411 e. The maximum Gasteiger partial charge on any atom is 0.176 e. The minimum Gasteiger partial charge on any atom is -0.411 e. The van der Waals surface area contributed by atoms with Crippen molar-refractivity contribution in [1.29, 1.82) is 0 Å². The number of carbonyl (C=O) groups is 1. The van der Waals surface area contributed by atoms with E-state index in [9.17, 15) is 10.0 Å². The summed E-state index contributed by atoms with van der Waals surface area (Å²) in [5, 5.41) is 13.1. The summed E-state index contributed by atoms with van der Waals surface area (Å²) in [6.45, 7) is 11.3. The van der Waals surface area contributed by atoms with Crippen LogP contribution in [0.3, 0.4) is 0 Å². The Hall–Kier alpha value is -1.98. The van der Waals surface area contributed by atoms with Crippen LogP contribution in [0.15, 0.2) is 46.6 Å². The van der Waals surface area contributed by atoms with Crippen LogP contribution in [0.2, 0.25) is 0 Å². The second kappa shape index (κ2) is 10.3. The molecule has 5 nitrogen and oxygen atoms in total. The Morgan fingerprint density at radius 3 is 2.71 bits per heavy atom. The van der Waals surface area contributed by atoms with Crippen LogP contribution in [-0.4, -0.2) is 52.4 Å². The van der Waals surface area contributed by atoms with Gasteiger partial charge in [-0.3, -0.25) is 9.69 Å². The highest BCUT2D eigenvalue weighted by Crippen LogP contribution is 2.65. The molecule has 2 saturated heterocycles.